The van der Waals surface area contributed by atoms with Crippen LogP contribution in [0.1, 0.15) is 24.8 Å². The van der Waals surface area contributed by atoms with E-state index in [-0.39, 0.29) is 23.8 Å². The summed E-state index contributed by atoms with van der Waals surface area (Å²) in [7, 11) is 0. The van der Waals surface area contributed by atoms with Crippen LogP contribution >= 0.6 is 0 Å². The number of nitrogens with zero attached hydrogens (tertiary/aromatic N) is 2. The predicted molar refractivity (Wildman–Crippen MR) is 70.1 cm³/mol. The number of rotatable bonds is 4. The lowest BCUT2D eigenvalue weighted by molar-refractivity contribution is -0.385. The lowest BCUT2D eigenvalue weighted by atomic mass is 9.97. The van der Waals surface area contributed by atoms with Crippen molar-refractivity contribution in [2.45, 2.75) is 19.3 Å². The Morgan fingerprint density at radius 1 is 1.50 bits per heavy atom. The van der Waals surface area contributed by atoms with Gasteiger partial charge in [0.25, 0.3) is 12.1 Å². The van der Waals surface area contributed by atoms with Gasteiger partial charge in [-0.25, -0.2) is 8.78 Å². The SMILES string of the molecule is O=[N+]([O-])c1ccc(N2CCCC(CO)C2)c(C(F)F)c1. The van der Waals surface area contributed by atoms with Gasteiger partial charge in [0.15, 0.2) is 0 Å². The topological polar surface area (TPSA) is 66.6 Å². The van der Waals surface area contributed by atoms with Gasteiger partial charge in [-0.2, -0.15) is 0 Å². The zero-order valence-corrected chi connectivity index (χ0v) is 10.8. The van der Waals surface area contributed by atoms with Gasteiger partial charge in [-0.05, 0) is 24.8 Å². The van der Waals surface area contributed by atoms with Crippen LogP contribution in [-0.4, -0.2) is 29.7 Å². The summed E-state index contributed by atoms with van der Waals surface area (Å²) in [4.78, 5) is 11.8. The molecule has 5 nitrogen and oxygen atoms in total. The number of halogens is 2. The second kappa shape index (κ2) is 6.13. The van der Waals surface area contributed by atoms with Crippen LogP contribution in [0.4, 0.5) is 20.2 Å². The summed E-state index contributed by atoms with van der Waals surface area (Å²) < 4.78 is 26.2. The summed E-state index contributed by atoms with van der Waals surface area (Å²) in [6.07, 6.45) is -1.09. The Morgan fingerprint density at radius 2 is 2.25 bits per heavy atom. The van der Waals surface area contributed by atoms with Crippen LogP contribution in [0.3, 0.4) is 0 Å². The number of non-ortho nitro benzene ring substituents is 1. The van der Waals surface area contributed by atoms with Crippen molar-refractivity contribution in [1.29, 1.82) is 0 Å². The van der Waals surface area contributed by atoms with Crippen LogP contribution in [0.5, 0.6) is 0 Å². The second-order valence-corrected chi connectivity index (χ2v) is 4.94. The van der Waals surface area contributed by atoms with E-state index in [0.29, 0.717) is 18.8 Å². The van der Waals surface area contributed by atoms with Gasteiger partial charge < -0.3 is 10.0 Å². The van der Waals surface area contributed by atoms with E-state index in [1.165, 1.54) is 12.1 Å². The zero-order valence-electron chi connectivity index (χ0n) is 10.8. The fraction of sp³-hybridized carbons (Fsp3) is 0.538. The van der Waals surface area contributed by atoms with Crippen LogP contribution in [0.25, 0.3) is 0 Å². The summed E-state index contributed by atoms with van der Waals surface area (Å²) in [5.74, 6) is 0.0597. The van der Waals surface area contributed by atoms with Crippen molar-refractivity contribution in [3.63, 3.8) is 0 Å². The first-order valence-electron chi connectivity index (χ1n) is 6.45. The summed E-state index contributed by atoms with van der Waals surface area (Å²) in [6, 6.07) is 3.55. The van der Waals surface area contributed by atoms with Crippen molar-refractivity contribution >= 4 is 11.4 Å². The molecule has 1 heterocycles. The molecule has 1 aliphatic heterocycles. The first kappa shape index (κ1) is 14.6. The standard InChI is InChI=1S/C13H16F2N2O3/c14-13(15)11-6-10(17(19)20)3-4-12(11)16-5-1-2-9(7-16)8-18/h3-4,6,9,13,18H,1-2,5,7-8H2. The smallest absolute Gasteiger partial charge is 0.270 e. The zero-order chi connectivity index (χ0) is 14.7. The molecule has 1 aromatic carbocycles. The van der Waals surface area contributed by atoms with Crippen molar-refractivity contribution in [3.05, 3.63) is 33.9 Å². The molecular formula is C13H16F2N2O3. The molecule has 1 unspecified atom stereocenters. The number of anilines is 1. The molecule has 1 aliphatic rings. The maximum absolute atomic E-state index is 13.1. The second-order valence-electron chi connectivity index (χ2n) is 4.94. The predicted octanol–water partition coefficient (Wildman–Crippen LogP) is 2.74. The van der Waals surface area contributed by atoms with Crippen molar-refractivity contribution in [3.8, 4) is 0 Å². The average Bonchev–Trinajstić information content (AvgIpc) is 2.46. The highest BCUT2D eigenvalue weighted by molar-refractivity contribution is 5.58. The maximum Gasteiger partial charge on any atom is 0.270 e. The molecule has 1 fully saturated rings. The molecule has 1 saturated heterocycles. The van der Waals surface area contributed by atoms with Gasteiger partial charge >= 0.3 is 0 Å². The third-order valence-electron chi connectivity index (χ3n) is 3.57. The van der Waals surface area contributed by atoms with E-state index in [1.807, 2.05) is 0 Å². The Morgan fingerprint density at radius 3 is 2.85 bits per heavy atom. The summed E-state index contributed by atoms with van der Waals surface area (Å²) in [5.41, 5.74) is -0.332. The monoisotopic (exact) mass is 286 g/mol. The van der Waals surface area contributed by atoms with Crippen molar-refractivity contribution in [2.75, 3.05) is 24.6 Å². The van der Waals surface area contributed by atoms with E-state index in [4.69, 9.17) is 0 Å². The molecule has 1 atom stereocenters. The minimum Gasteiger partial charge on any atom is -0.396 e. The Bertz CT molecular complexity index is 497. The lowest BCUT2D eigenvalue weighted by Gasteiger charge is -2.34. The van der Waals surface area contributed by atoms with E-state index in [1.54, 1.807) is 4.90 Å². The van der Waals surface area contributed by atoms with Crippen molar-refractivity contribution in [1.82, 2.24) is 0 Å². The minimum absolute atomic E-state index is 0.0213. The van der Waals surface area contributed by atoms with E-state index in [2.05, 4.69) is 0 Å². The van der Waals surface area contributed by atoms with Crippen molar-refractivity contribution < 1.29 is 18.8 Å². The molecule has 0 radical (unpaired) electrons. The number of nitro benzene ring substituents is 1. The Labute approximate surface area is 115 Å². The van der Waals surface area contributed by atoms with Crippen LogP contribution in [0.2, 0.25) is 0 Å². The van der Waals surface area contributed by atoms with E-state index in [0.717, 1.165) is 18.9 Å². The average molecular weight is 286 g/mol. The number of nitro groups is 1. The largest absolute Gasteiger partial charge is 0.396 e. The molecular weight excluding hydrogens is 270 g/mol. The van der Waals surface area contributed by atoms with Crippen LogP contribution in [0, 0.1) is 16.0 Å². The van der Waals surface area contributed by atoms with Gasteiger partial charge in [-0.15, -0.1) is 0 Å². The normalized spacial score (nSPS) is 19.4. The summed E-state index contributed by atoms with van der Waals surface area (Å²) in [6.45, 7) is 1.13. The Kier molecular flexibility index (Phi) is 4.49. The third-order valence-corrected chi connectivity index (χ3v) is 3.57. The molecule has 0 spiro atoms. The van der Waals surface area contributed by atoms with Gasteiger partial charge in [0.05, 0.1) is 4.92 Å². The van der Waals surface area contributed by atoms with Crippen molar-refractivity contribution in [2.24, 2.45) is 5.92 Å². The maximum atomic E-state index is 13.1. The quantitative estimate of drug-likeness (QED) is 0.682. The number of piperidine rings is 1. The third kappa shape index (κ3) is 3.04. The van der Waals surface area contributed by atoms with Gasteiger partial charge in [0, 0.05) is 43.1 Å². The Hall–Kier alpha value is -1.76. The fourth-order valence-corrected chi connectivity index (χ4v) is 2.55. The molecule has 7 heteroatoms. The van der Waals surface area contributed by atoms with E-state index < -0.39 is 11.3 Å². The molecule has 0 bridgehead atoms. The molecule has 0 aliphatic carbocycles. The molecule has 2 rings (SSSR count). The highest BCUT2D eigenvalue weighted by atomic mass is 19.3. The number of benzene rings is 1. The molecule has 20 heavy (non-hydrogen) atoms. The fourth-order valence-electron chi connectivity index (χ4n) is 2.55. The number of aliphatic hydroxyl groups excluding tert-OH is 1. The van der Waals surface area contributed by atoms with Gasteiger partial charge in [-0.1, -0.05) is 0 Å². The highest BCUT2D eigenvalue weighted by Crippen LogP contribution is 2.35. The Balaban J connectivity index is 2.32. The molecule has 0 saturated carbocycles. The summed E-state index contributed by atoms with van der Waals surface area (Å²) in [5, 5.41) is 19.9. The molecule has 0 amide bonds. The molecule has 1 N–H and O–H groups in total. The molecule has 0 aromatic heterocycles. The van der Waals surface area contributed by atoms with E-state index in [9.17, 15) is 24.0 Å². The molecule has 110 valence electrons. The first-order chi connectivity index (χ1) is 9.52. The summed E-state index contributed by atoms with van der Waals surface area (Å²) >= 11 is 0. The molecule has 1 aromatic rings. The highest BCUT2D eigenvalue weighted by Gasteiger charge is 2.25. The van der Waals surface area contributed by atoms with Crippen LogP contribution in [-0.2, 0) is 0 Å². The van der Waals surface area contributed by atoms with Gasteiger partial charge in [0.2, 0.25) is 0 Å². The number of aliphatic hydroxyl groups is 1. The number of alkyl halides is 2. The van der Waals surface area contributed by atoms with Crippen LogP contribution < -0.4 is 4.90 Å². The van der Waals surface area contributed by atoms with E-state index >= 15 is 0 Å². The minimum atomic E-state index is -2.76. The number of hydrogen-bond donors (Lipinski definition) is 1. The van der Waals surface area contributed by atoms with Gasteiger partial charge in [0.1, 0.15) is 0 Å². The lowest BCUT2D eigenvalue weighted by Crippen LogP contribution is -2.37. The van der Waals surface area contributed by atoms with Crippen LogP contribution in [0.15, 0.2) is 18.2 Å². The first-order valence-corrected chi connectivity index (χ1v) is 6.45. The number of hydrogen-bond acceptors (Lipinski definition) is 4. The van der Waals surface area contributed by atoms with Gasteiger partial charge in [-0.3, -0.25) is 10.1 Å².